The molecule has 2 unspecified atom stereocenters. The van der Waals surface area contributed by atoms with Crippen molar-refractivity contribution >= 4 is 17.5 Å². The van der Waals surface area contributed by atoms with E-state index in [0.29, 0.717) is 24.3 Å². The molecule has 1 amide bonds. The molecule has 1 fully saturated rings. The molecule has 0 bridgehead atoms. The molecule has 1 aromatic carbocycles. The summed E-state index contributed by atoms with van der Waals surface area (Å²) in [5.74, 6) is 0.739. The predicted molar refractivity (Wildman–Crippen MR) is 75.0 cm³/mol. The van der Waals surface area contributed by atoms with Crippen LogP contribution in [0.4, 0.5) is 4.39 Å². The minimum Gasteiger partial charge on any atom is -0.352 e. The van der Waals surface area contributed by atoms with E-state index in [-0.39, 0.29) is 11.5 Å². The lowest BCUT2D eigenvalue weighted by molar-refractivity contribution is 0.0940. The average molecular weight is 284 g/mol. The quantitative estimate of drug-likeness (QED) is 0.842. The Hall–Kier alpha value is -1.09. The van der Waals surface area contributed by atoms with Crippen LogP contribution in [0.15, 0.2) is 18.2 Å². The van der Waals surface area contributed by atoms with E-state index in [1.54, 1.807) is 12.1 Å². The summed E-state index contributed by atoms with van der Waals surface area (Å²) < 4.78 is 13.6. The number of benzene rings is 1. The van der Waals surface area contributed by atoms with Crippen molar-refractivity contribution in [1.82, 2.24) is 5.32 Å². The molecule has 2 atom stereocenters. The van der Waals surface area contributed by atoms with E-state index in [1.807, 2.05) is 6.92 Å². The Bertz CT molecular complexity index is 463. The van der Waals surface area contributed by atoms with Gasteiger partial charge in [0.25, 0.3) is 5.91 Å². The lowest BCUT2D eigenvalue weighted by atomic mass is 9.98. The molecule has 104 valence electrons. The van der Waals surface area contributed by atoms with E-state index in [4.69, 9.17) is 11.6 Å². The van der Waals surface area contributed by atoms with Crippen molar-refractivity contribution in [2.45, 2.75) is 26.2 Å². The first kappa shape index (κ1) is 14.3. The highest BCUT2D eigenvalue weighted by Crippen LogP contribution is 2.32. The predicted octanol–water partition coefficient (Wildman–Crippen LogP) is 3.52. The summed E-state index contributed by atoms with van der Waals surface area (Å²) in [6, 6.07) is 4.58. The minimum atomic E-state index is -0.469. The number of aryl methyl sites for hydroxylation is 1. The van der Waals surface area contributed by atoms with Crippen LogP contribution in [-0.4, -0.2) is 18.3 Å². The van der Waals surface area contributed by atoms with Gasteiger partial charge in [-0.3, -0.25) is 4.79 Å². The zero-order chi connectivity index (χ0) is 13.8. The van der Waals surface area contributed by atoms with Crippen molar-refractivity contribution in [3.63, 3.8) is 0 Å². The maximum atomic E-state index is 13.6. The smallest absolute Gasteiger partial charge is 0.254 e. The molecule has 0 aliphatic heterocycles. The fourth-order valence-electron chi connectivity index (χ4n) is 2.72. The van der Waals surface area contributed by atoms with Crippen LogP contribution in [0, 0.1) is 24.6 Å². The molecule has 0 aromatic heterocycles. The van der Waals surface area contributed by atoms with E-state index in [9.17, 15) is 9.18 Å². The maximum absolute atomic E-state index is 13.6. The summed E-state index contributed by atoms with van der Waals surface area (Å²) in [6.07, 6.45) is 3.38. The lowest BCUT2D eigenvalue weighted by Crippen LogP contribution is -2.31. The van der Waals surface area contributed by atoms with Gasteiger partial charge in [-0.25, -0.2) is 4.39 Å². The molecule has 1 aliphatic carbocycles. The van der Waals surface area contributed by atoms with Gasteiger partial charge in [0.1, 0.15) is 5.82 Å². The lowest BCUT2D eigenvalue weighted by Gasteiger charge is -2.17. The van der Waals surface area contributed by atoms with Crippen molar-refractivity contribution in [1.29, 1.82) is 0 Å². The number of hydrogen-bond acceptors (Lipinski definition) is 1. The zero-order valence-corrected chi connectivity index (χ0v) is 11.8. The average Bonchev–Trinajstić information content (AvgIpc) is 2.86. The van der Waals surface area contributed by atoms with E-state index < -0.39 is 5.82 Å². The number of amides is 1. The van der Waals surface area contributed by atoms with Crippen molar-refractivity contribution in [2.24, 2.45) is 11.8 Å². The highest BCUT2D eigenvalue weighted by Gasteiger charge is 2.27. The van der Waals surface area contributed by atoms with Crippen LogP contribution in [-0.2, 0) is 0 Å². The second kappa shape index (κ2) is 6.38. The van der Waals surface area contributed by atoms with Crippen molar-refractivity contribution in [2.75, 3.05) is 12.4 Å². The molecule has 0 saturated heterocycles. The van der Waals surface area contributed by atoms with Gasteiger partial charge in [-0.2, -0.15) is 0 Å². The maximum Gasteiger partial charge on any atom is 0.254 e. The molecule has 1 aliphatic rings. The Morgan fingerprint density at radius 1 is 1.42 bits per heavy atom. The number of carbonyl (C=O) groups is 1. The number of carbonyl (C=O) groups excluding carboxylic acids is 1. The fraction of sp³-hybridized carbons (Fsp3) is 0.533. The summed E-state index contributed by atoms with van der Waals surface area (Å²) in [5, 5.41) is 2.84. The molecule has 0 radical (unpaired) electrons. The third kappa shape index (κ3) is 3.47. The van der Waals surface area contributed by atoms with E-state index in [0.717, 1.165) is 24.8 Å². The third-order valence-corrected chi connectivity index (χ3v) is 4.30. The first-order valence-corrected chi connectivity index (χ1v) is 7.25. The number of halogens is 2. The van der Waals surface area contributed by atoms with Crippen LogP contribution >= 0.6 is 11.6 Å². The van der Waals surface area contributed by atoms with E-state index >= 15 is 0 Å². The van der Waals surface area contributed by atoms with Crippen LogP contribution in [0.2, 0.25) is 0 Å². The van der Waals surface area contributed by atoms with Gasteiger partial charge in [-0.15, -0.1) is 11.6 Å². The van der Waals surface area contributed by atoms with Crippen LogP contribution in [0.1, 0.15) is 35.2 Å². The topological polar surface area (TPSA) is 29.1 Å². The molecular weight excluding hydrogens is 265 g/mol. The van der Waals surface area contributed by atoms with Crippen LogP contribution < -0.4 is 5.32 Å². The summed E-state index contributed by atoms with van der Waals surface area (Å²) >= 11 is 5.91. The SMILES string of the molecule is Cc1ccc(F)c(C(=O)NCC2CCCC2CCl)c1. The van der Waals surface area contributed by atoms with Gasteiger partial charge in [0.2, 0.25) is 0 Å². The van der Waals surface area contributed by atoms with Gasteiger partial charge in [0.05, 0.1) is 5.56 Å². The summed E-state index contributed by atoms with van der Waals surface area (Å²) in [7, 11) is 0. The van der Waals surface area contributed by atoms with Gasteiger partial charge in [-0.05, 0) is 43.7 Å². The number of alkyl halides is 1. The largest absolute Gasteiger partial charge is 0.352 e. The van der Waals surface area contributed by atoms with E-state index in [2.05, 4.69) is 5.32 Å². The molecule has 19 heavy (non-hydrogen) atoms. The van der Waals surface area contributed by atoms with Gasteiger partial charge in [0.15, 0.2) is 0 Å². The first-order valence-electron chi connectivity index (χ1n) is 6.72. The Morgan fingerprint density at radius 3 is 2.89 bits per heavy atom. The number of rotatable bonds is 4. The van der Waals surface area contributed by atoms with Crippen molar-refractivity contribution in [3.8, 4) is 0 Å². The molecule has 2 nitrogen and oxygen atoms in total. The summed E-state index contributed by atoms with van der Waals surface area (Å²) in [4.78, 5) is 12.0. The first-order chi connectivity index (χ1) is 9.11. The van der Waals surface area contributed by atoms with Crippen molar-refractivity contribution in [3.05, 3.63) is 35.1 Å². The molecule has 2 rings (SSSR count). The third-order valence-electron chi connectivity index (χ3n) is 3.91. The second-order valence-electron chi connectivity index (χ2n) is 5.30. The summed E-state index contributed by atoms with van der Waals surface area (Å²) in [5.41, 5.74) is 1.01. The minimum absolute atomic E-state index is 0.125. The van der Waals surface area contributed by atoms with Crippen LogP contribution in [0.5, 0.6) is 0 Å². The highest BCUT2D eigenvalue weighted by atomic mass is 35.5. The Morgan fingerprint density at radius 2 is 2.16 bits per heavy atom. The molecule has 1 saturated carbocycles. The van der Waals surface area contributed by atoms with Crippen LogP contribution in [0.25, 0.3) is 0 Å². The standard InChI is InChI=1S/C15H19ClFNO/c1-10-5-6-14(17)13(7-10)15(19)18-9-12-4-2-3-11(12)8-16/h5-7,11-12H,2-4,8-9H2,1H3,(H,18,19). The Kier molecular flexibility index (Phi) is 4.81. The molecule has 1 aromatic rings. The number of nitrogens with one attached hydrogen (secondary N) is 1. The fourth-order valence-corrected chi connectivity index (χ4v) is 3.12. The van der Waals surface area contributed by atoms with Gasteiger partial charge in [-0.1, -0.05) is 18.1 Å². The van der Waals surface area contributed by atoms with Gasteiger partial charge in [0, 0.05) is 12.4 Å². The summed E-state index contributed by atoms with van der Waals surface area (Å²) in [6.45, 7) is 2.43. The van der Waals surface area contributed by atoms with Crippen molar-refractivity contribution < 1.29 is 9.18 Å². The zero-order valence-electron chi connectivity index (χ0n) is 11.1. The Labute approximate surface area is 118 Å². The van der Waals surface area contributed by atoms with E-state index in [1.165, 1.54) is 6.07 Å². The monoisotopic (exact) mass is 283 g/mol. The highest BCUT2D eigenvalue weighted by molar-refractivity contribution is 6.18. The molecule has 4 heteroatoms. The number of hydrogen-bond donors (Lipinski definition) is 1. The molecule has 1 N–H and O–H groups in total. The van der Waals surface area contributed by atoms with Gasteiger partial charge >= 0.3 is 0 Å². The second-order valence-corrected chi connectivity index (χ2v) is 5.61. The molecule has 0 spiro atoms. The van der Waals surface area contributed by atoms with Gasteiger partial charge < -0.3 is 5.32 Å². The molecular formula is C15H19ClFNO. The Balaban J connectivity index is 1.96. The molecule has 0 heterocycles. The van der Waals surface area contributed by atoms with Crippen LogP contribution in [0.3, 0.4) is 0 Å². The normalized spacial score (nSPS) is 22.5.